The van der Waals surface area contributed by atoms with Crippen molar-refractivity contribution in [2.24, 2.45) is 0 Å². The fourth-order valence-corrected chi connectivity index (χ4v) is 2.28. The van der Waals surface area contributed by atoms with Crippen LogP contribution >= 0.6 is 0 Å². The van der Waals surface area contributed by atoms with Gasteiger partial charge in [0, 0.05) is 37.1 Å². The smallest absolute Gasteiger partial charge is 0.328 e. The third-order valence-electron chi connectivity index (χ3n) is 3.27. The molecule has 0 radical (unpaired) electrons. The van der Waals surface area contributed by atoms with Crippen LogP contribution in [0, 0.1) is 0 Å². The normalized spacial score (nSPS) is 15.7. The number of anilines is 2. The molecular weight excluding hydrogens is 240 g/mol. The second kappa shape index (κ2) is 6.83. The molecule has 0 amide bonds. The van der Waals surface area contributed by atoms with Crippen molar-refractivity contribution in [3.63, 3.8) is 0 Å². The Morgan fingerprint density at radius 1 is 1.21 bits per heavy atom. The molecular formula is C15H20N2O2. The lowest BCUT2D eigenvalue weighted by molar-refractivity contribution is -0.131. The van der Waals surface area contributed by atoms with Gasteiger partial charge in [0.05, 0.1) is 0 Å². The van der Waals surface area contributed by atoms with Crippen LogP contribution in [0.2, 0.25) is 0 Å². The Labute approximate surface area is 113 Å². The van der Waals surface area contributed by atoms with Crippen LogP contribution in [0.3, 0.4) is 0 Å². The largest absolute Gasteiger partial charge is 0.478 e. The molecule has 0 aromatic heterocycles. The zero-order chi connectivity index (χ0) is 13.5. The average Bonchev–Trinajstić information content (AvgIpc) is 2.45. The van der Waals surface area contributed by atoms with Crippen LogP contribution in [0.4, 0.5) is 11.4 Å². The maximum Gasteiger partial charge on any atom is 0.328 e. The van der Waals surface area contributed by atoms with E-state index in [4.69, 9.17) is 5.11 Å². The molecule has 2 rings (SSSR count). The van der Waals surface area contributed by atoms with E-state index in [1.807, 2.05) is 12.1 Å². The van der Waals surface area contributed by atoms with Crippen LogP contribution < -0.4 is 10.2 Å². The quantitative estimate of drug-likeness (QED) is 0.799. The molecule has 0 unspecified atom stereocenters. The highest BCUT2D eigenvalue weighted by Gasteiger charge is 2.10. The summed E-state index contributed by atoms with van der Waals surface area (Å²) in [6.45, 7) is 2.82. The van der Waals surface area contributed by atoms with E-state index in [0.717, 1.165) is 24.9 Å². The fourth-order valence-electron chi connectivity index (χ4n) is 2.28. The number of hydrogen-bond acceptors (Lipinski definition) is 3. The van der Waals surface area contributed by atoms with E-state index in [1.54, 1.807) is 6.08 Å². The summed E-state index contributed by atoms with van der Waals surface area (Å²) >= 11 is 0. The standard InChI is InChI=1S/C15H20N2O2/c18-15(19)5-4-10-16-13-6-8-14(9-7-13)17-11-2-1-3-12-17/h4-9,16H,1-3,10-12H2,(H,18,19)/b5-4+. The maximum absolute atomic E-state index is 10.3. The molecule has 1 fully saturated rings. The van der Waals surface area contributed by atoms with Gasteiger partial charge in [-0.2, -0.15) is 0 Å². The second-order valence-electron chi connectivity index (χ2n) is 4.72. The van der Waals surface area contributed by atoms with E-state index in [0.29, 0.717) is 6.54 Å². The number of carbonyl (C=O) groups is 1. The molecule has 1 aliphatic heterocycles. The molecule has 4 heteroatoms. The first-order chi connectivity index (χ1) is 9.25. The Balaban J connectivity index is 1.85. The van der Waals surface area contributed by atoms with Crippen molar-refractivity contribution in [2.75, 3.05) is 29.9 Å². The first kappa shape index (κ1) is 13.5. The Morgan fingerprint density at radius 2 is 1.89 bits per heavy atom. The monoisotopic (exact) mass is 260 g/mol. The fraction of sp³-hybridized carbons (Fsp3) is 0.400. The summed E-state index contributed by atoms with van der Waals surface area (Å²) in [5.41, 5.74) is 2.28. The van der Waals surface area contributed by atoms with E-state index in [1.165, 1.54) is 24.9 Å². The lowest BCUT2D eigenvalue weighted by Gasteiger charge is -2.28. The number of carboxylic acid groups (broad SMARTS) is 1. The number of aliphatic carboxylic acids is 1. The summed E-state index contributed by atoms with van der Waals surface area (Å²) in [4.78, 5) is 12.7. The molecule has 0 atom stereocenters. The Morgan fingerprint density at radius 3 is 2.53 bits per heavy atom. The van der Waals surface area contributed by atoms with Crippen molar-refractivity contribution < 1.29 is 9.90 Å². The third-order valence-corrected chi connectivity index (χ3v) is 3.27. The number of nitrogens with zero attached hydrogens (tertiary/aromatic N) is 1. The van der Waals surface area contributed by atoms with E-state index in [2.05, 4.69) is 22.3 Å². The molecule has 0 bridgehead atoms. The number of benzene rings is 1. The summed E-state index contributed by atoms with van der Waals surface area (Å²) in [5.74, 6) is -0.915. The Kier molecular flexibility index (Phi) is 4.84. The molecule has 102 valence electrons. The van der Waals surface area contributed by atoms with Crippen LogP contribution in [0.1, 0.15) is 19.3 Å². The number of carboxylic acids is 1. The maximum atomic E-state index is 10.3. The van der Waals surface area contributed by atoms with Gasteiger partial charge < -0.3 is 15.3 Å². The first-order valence-corrected chi connectivity index (χ1v) is 6.74. The van der Waals surface area contributed by atoms with Crippen LogP contribution in [0.5, 0.6) is 0 Å². The van der Waals surface area contributed by atoms with Gasteiger partial charge >= 0.3 is 5.97 Å². The van der Waals surface area contributed by atoms with E-state index < -0.39 is 5.97 Å². The lowest BCUT2D eigenvalue weighted by Crippen LogP contribution is -2.29. The molecule has 0 saturated carbocycles. The van der Waals surface area contributed by atoms with Gasteiger partial charge in [0.1, 0.15) is 0 Å². The minimum atomic E-state index is -0.915. The number of nitrogens with one attached hydrogen (secondary N) is 1. The van der Waals surface area contributed by atoms with Gasteiger partial charge in [0.2, 0.25) is 0 Å². The highest BCUT2D eigenvalue weighted by Crippen LogP contribution is 2.21. The van der Waals surface area contributed by atoms with Crippen LogP contribution in [-0.4, -0.2) is 30.7 Å². The zero-order valence-corrected chi connectivity index (χ0v) is 11.0. The van der Waals surface area contributed by atoms with Crippen LogP contribution in [0.15, 0.2) is 36.4 Å². The molecule has 19 heavy (non-hydrogen) atoms. The molecule has 4 nitrogen and oxygen atoms in total. The van der Waals surface area contributed by atoms with E-state index in [-0.39, 0.29) is 0 Å². The molecule has 1 aliphatic rings. The topological polar surface area (TPSA) is 52.6 Å². The van der Waals surface area contributed by atoms with Crippen molar-refractivity contribution >= 4 is 17.3 Å². The Bertz CT molecular complexity index is 434. The number of rotatable bonds is 5. The minimum Gasteiger partial charge on any atom is -0.478 e. The van der Waals surface area contributed by atoms with Crippen molar-refractivity contribution in [1.29, 1.82) is 0 Å². The first-order valence-electron chi connectivity index (χ1n) is 6.74. The van der Waals surface area contributed by atoms with Gasteiger partial charge in [-0.1, -0.05) is 6.08 Å². The lowest BCUT2D eigenvalue weighted by atomic mass is 10.1. The highest BCUT2D eigenvalue weighted by atomic mass is 16.4. The van der Waals surface area contributed by atoms with Crippen molar-refractivity contribution in [3.8, 4) is 0 Å². The zero-order valence-electron chi connectivity index (χ0n) is 11.0. The molecule has 1 heterocycles. The average molecular weight is 260 g/mol. The summed E-state index contributed by atoms with van der Waals surface area (Å²) in [5, 5.41) is 11.6. The molecule has 1 aromatic carbocycles. The predicted octanol–water partition coefficient (Wildman–Crippen LogP) is 2.73. The van der Waals surface area contributed by atoms with Crippen molar-refractivity contribution in [3.05, 3.63) is 36.4 Å². The highest BCUT2D eigenvalue weighted by molar-refractivity contribution is 5.79. The molecule has 2 N–H and O–H groups in total. The third kappa shape index (κ3) is 4.32. The number of hydrogen-bond donors (Lipinski definition) is 2. The predicted molar refractivity (Wildman–Crippen MR) is 77.8 cm³/mol. The van der Waals surface area contributed by atoms with Crippen molar-refractivity contribution in [1.82, 2.24) is 0 Å². The van der Waals surface area contributed by atoms with E-state index in [9.17, 15) is 4.79 Å². The summed E-state index contributed by atoms with van der Waals surface area (Å²) < 4.78 is 0. The van der Waals surface area contributed by atoms with Gasteiger partial charge in [-0.3, -0.25) is 0 Å². The van der Waals surface area contributed by atoms with Gasteiger partial charge in [0.25, 0.3) is 0 Å². The summed E-state index contributed by atoms with van der Waals surface area (Å²) in [7, 11) is 0. The van der Waals surface area contributed by atoms with E-state index >= 15 is 0 Å². The van der Waals surface area contributed by atoms with Gasteiger partial charge in [0.15, 0.2) is 0 Å². The summed E-state index contributed by atoms with van der Waals surface area (Å²) in [6.07, 6.45) is 6.64. The van der Waals surface area contributed by atoms with Crippen molar-refractivity contribution in [2.45, 2.75) is 19.3 Å². The van der Waals surface area contributed by atoms with Crippen LogP contribution in [-0.2, 0) is 4.79 Å². The molecule has 0 aliphatic carbocycles. The molecule has 1 saturated heterocycles. The summed E-state index contributed by atoms with van der Waals surface area (Å²) in [6, 6.07) is 8.32. The second-order valence-corrected chi connectivity index (χ2v) is 4.72. The minimum absolute atomic E-state index is 0.523. The van der Waals surface area contributed by atoms with Gasteiger partial charge in [-0.15, -0.1) is 0 Å². The molecule has 1 aromatic rings. The Hall–Kier alpha value is -1.97. The van der Waals surface area contributed by atoms with Crippen LogP contribution in [0.25, 0.3) is 0 Å². The number of piperidine rings is 1. The molecule has 0 spiro atoms. The van der Waals surface area contributed by atoms with Gasteiger partial charge in [-0.05, 0) is 43.5 Å². The van der Waals surface area contributed by atoms with Gasteiger partial charge in [-0.25, -0.2) is 4.79 Å². The SMILES string of the molecule is O=C(O)/C=C/CNc1ccc(N2CCCCC2)cc1.